The van der Waals surface area contributed by atoms with E-state index < -0.39 is 0 Å². The third kappa shape index (κ3) is 4.05. The van der Waals surface area contributed by atoms with Gasteiger partial charge in [-0.15, -0.1) is 0 Å². The minimum Gasteiger partial charge on any atom is -0.363 e. The lowest BCUT2D eigenvalue weighted by Crippen LogP contribution is -2.34. The van der Waals surface area contributed by atoms with Crippen LogP contribution >= 0.6 is 0 Å². The number of nitrogens with zero attached hydrogens (tertiary/aromatic N) is 1. The molecule has 0 aromatic heterocycles. The fourth-order valence-corrected chi connectivity index (χ4v) is 2.57. The van der Waals surface area contributed by atoms with Crippen molar-refractivity contribution in [3.8, 4) is 0 Å². The zero-order chi connectivity index (χ0) is 15.1. The number of hydrogen-bond acceptors (Lipinski definition) is 2. The van der Waals surface area contributed by atoms with Crippen molar-refractivity contribution in [2.45, 2.75) is 25.8 Å². The highest BCUT2D eigenvalue weighted by molar-refractivity contribution is 5.49. The average molecular weight is 286 g/mol. The quantitative estimate of drug-likeness (QED) is 0.829. The Morgan fingerprint density at radius 3 is 2.48 bits per heavy atom. The Labute approximate surface area is 126 Å². The monoisotopic (exact) mass is 286 g/mol. The molecule has 21 heavy (non-hydrogen) atoms. The van der Waals surface area contributed by atoms with E-state index in [1.807, 2.05) is 24.3 Å². The first-order chi connectivity index (χ1) is 10.3. The molecule has 0 amide bonds. The predicted molar refractivity (Wildman–Crippen MR) is 86.9 cm³/mol. The number of halogens is 1. The van der Waals surface area contributed by atoms with Crippen molar-refractivity contribution in [2.75, 3.05) is 18.0 Å². The van der Waals surface area contributed by atoms with Gasteiger partial charge in [0.2, 0.25) is 0 Å². The summed E-state index contributed by atoms with van der Waals surface area (Å²) >= 11 is 0. The molecule has 3 heteroatoms. The van der Waals surface area contributed by atoms with E-state index in [4.69, 9.17) is 5.73 Å². The van der Waals surface area contributed by atoms with Crippen LogP contribution in [0.15, 0.2) is 54.6 Å². The second kappa shape index (κ2) is 7.79. The Hall–Kier alpha value is -1.87. The molecule has 0 radical (unpaired) electrons. The lowest BCUT2D eigenvalue weighted by atomic mass is 10.0. The Morgan fingerprint density at radius 2 is 1.86 bits per heavy atom. The molecule has 0 aliphatic rings. The molecule has 112 valence electrons. The second-order valence-electron chi connectivity index (χ2n) is 5.19. The molecular formula is C18H23FN2. The standard InChI is InChI=1S/C18H23FN2/c1-2-3-12-21(17-10-5-4-6-11-17)18(14-20)15-8-7-9-16(19)13-15/h4-11,13,18H,2-3,12,14,20H2,1H3. The van der Waals surface area contributed by atoms with E-state index in [0.29, 0.717) is 6.54 Å². The smallest absolute Gasteiger partial charge is 0.123 e. The van der Waals surface area contributed by atoms with Crippen LogP contribution in [-0.4, -0.2) is 13.1 Å². The van der Waals surface area contributed by atoms with Gasteiger partial charge in [0.15, 0.2) is 0 Å². The topological polar surface area (TPSA) is 29.3 Å². The Morgan fingerprint density at radius 1 is 1.10 bits per heavy atom. The van der Waals surface area contributed by atoms with Crippen molar-refractivity contribution in [2.24, 2.45) is 5.73 Å². The van der Waals surface area contributed by atoms with Gasteiger partial charge in [0.1, 0.15) is 5.82 Å². The summed E-state index contributed by atoms with van der Waals surface area (Å²) in [5.41, 5.74) is 8.06. The van der Waals surface area contributed by atoms with Gasteiger partial charge in [0, 0.05) is 18.8 Å². The van der Waals surface area contributed by atoms with Crippen LogP contribution in [0.2, 0.25) is 0 Å². The van der Waals surface area contributed by atoms with Gasteiger partial charge in [0.05, 0.1) is 6.04 Å². The van der Waals surface area contributed by atoms with Crippen LogP contribution in [0.1, 0.15) is 31.4 Å². The van der Waals surface area contributed by atoms with E-state index >= 15 is 0 Å². The minimum absolute atomic E-state index is 0.00495. The van der Waals surface area contributed by atoms with Crippen molar-refractivity contribution < 1.29 is 4.39 Å². The number of nitrogens with two attached hydrogens (primary N) is 1. The summed E-state index contributed by atoms with van der Waals surface area (Å²) in [6, 6.07) is 16.9. The Kier molecular flexibility index (Phi) is 5.76. The summed E-state index contributed by atoms with van der Waals surface area (Å²) < 4.78 is 13.5. The first-order valence-electron chi connectivity index (χ1n) is 7.53. The van der Waals surface area contributed by atoms with Gasteiger partial charge in [-0.25, -0.2) is 4.39 Å². The van der Waals surface area contributed by atoms with Crippen molar-refractivity contribution in [1.29, 1.82) is 0 Å². The number of rotatable bonds is 7. The second-order valence-corrected chi connectivity index (χ2v) is 5.19. The molecule has 0 heterocycles. The molecule has 2 rings (SSSR count). The first kappa shape index (κ1) is 15.5. The fourth-order valence-electron chi connectivity index (χ4n) is 2.57. The molecule has 0 spiro atoms. The highest BCUT2D eigenvalue weighted by Gasteiger charge is 2.19. The van der Waals surface area contributed by atoms with Crippen molar-refractivity contribution in [3.63, 3.8) is 0 Å². The molecule has 0 aliphatic heterocycles. The van der Waals surface area contributed by atoms with Crippen LogP contribution in [0.3, 0.4) is 0 Å². The lowest BCUT2D eigenvalue weighted by molar-refractivity contribution is 0.590. The van der Waals surface area contributed by atoms with Crippen LogP contribution in [0.25, 0.3) is 0 Å². The van der Waals surface area contributed by atoms with Crippen LogP contribution in [0, 0.1) is 5.82 Å². The van der Waals surface area contributed by atoms with Crippen LogP contribution in [-0.2, 0) is 0 Å². The summed E-state index contributed by atoms with van der Waals surface area (Å²) in [6.45, 7) is 3.55. The van der Waals surface area contributed by atoms with E-state index in [-0.39, 0.29) is 11.9 Å². The number of benzene rings is 2. The Balaban J connectivity index is 2.33. The zero-order valence-corrected chi connectivity index (χ0v) is 12.5. The van der Waals surface area contributed by atoms with Crippen LogP contribution < -0.4 is 10.6 Å². The van der Waals surface area contributed by atoms with Gasteiger partial charge < -0.3 is 10.6 Å². The van der Waals surface area contributed by atoms with E-state index in [9.17, 15) is 4.39 Å². The summed E-state index contributed by atoms with van der Waals surface area (Å²) in [4.78, 5) is 2.28. The molecule has 2 aromatic rings. The van der Waals surface area contributed by atoms with Crippen molar-refractivity contribution in [3.05, 3.63) is 66.0 Å². The van der Waals surface area contributed by atoms with Gasteiger partial charge >= 0.3 is 0 Å². The van der Waals surface area contributed by atoms with Gasteiger partial charge in [-0.05, 0) is 36.2 Å². The van der Waals surface area contributed by atoms with Gasteiger partial charge in [0.25, 0.3) is 0 Å². The normalized spacial score (nSPS) is 12.1. The van der Waals surface area contributed by atoms with Crippen molar-refractivity contribution >= 4 is 5.69 Å². The maximum atomic E-state index is 13.5. The minimum atomic E-state index is -0.213. The number of hydrogen-bond donors (Lipinski definition) is 1. The molecule has 0 bridgehead atoms. The van der Waals surface area contributed by atoms with E-state index in [1.54, 1.807) is 12.1 Å². The molecular weight excluding hydrogens is 263 g/mol. The average Bonchev–Trinajstić information content (AvgIpc) is 2.52. The lowest BCUT2D eigenvalue weighted by Gasteiger charge is -2.33. The molecule has 0 saturated heterocycles. The summed E-state index contributed by atoms with van der Waals surface area (Å²) in [5.74, 6) is -0.213. The Bertz CT molecular complexity index is 542. The summed E-state index contributed by atoms with van der Waals surface area (Å²) in [5, 5.41) is 0. The molecule has 2 aromatic carbocycles. The fraction of sp³-hybridized carbons (Fsp3) is 0.333. The molecule has 2 N–H and O–H groups in total. The van der Waals surface area contributed by atoms with E-state index in [2.05, 4.69) is 24.0 Å². The highest BCUT2D eigenvalue weighted by Crippen LogP contribution is 2.27. The largest absolute Gasteiger partial charge is 0.363 e. The molecule has 0 fully saturated rings. The van der Waals surface area contributed by atoms with Crippen molar-refractivity contribution in [1.82, 2.24) is 0 Å². The number of unbranched alkanes of at least 4 members (excludes halogenated alkanes) is 1. The maximum absolute atomic E-state index is 13.5. The van der Waals surface area contributed by atoms with E-state index in [1.165, 1.54) is 6.07 Å². The molecule has 0 aliphatic carbocycles. The van der Waals surface area contributed by atoms with Gasteiger partial charge in [-0.2, -0.15) is 0 Å². The first-order valence-corrected chi connectivity index (χ1v) is 7.53. The van der Waals surface area contributed by atoms with Gasteiger partial charge in [-0.3, -0.25) is 0 Å². The third-order valence-corrected chi connectivity index (χ3v) is 3.67. The zero-order valence-electron chi connectivity index (χ0n) is 12.5. The predicted octanol–water partition coefficient (Wildman–Crippen LogP) is 4.13. The third-order valence-electron chi connectivity index (χ3n) is 3.67. The van der Waals surface area contributed by atoms with E-state index in [0.717, 1.165) is 30.6 Å². The number of para-hydroxylation sites is 1. The summed E-state index contributed by atoms with van der Waals surface area (Å²) in [7, 11) is 0. The molecule has 1 atom stereocenters. The van der Waals surface area contributed by atoms with Gasteiger partial charge in [-0.1, -0.05) is 43.7 Å². The summed E-state index contributed by atoms with van der Waals surface area (Å²) in [6.07, 6.45) is 2.20. The van der Waals surface area contributed by atoms with Crippen LogP contribution in [0.5, 0.6) is 0 Å². The molecule has 2 nitrogen and oxygen atoms in total. The number of anilines is 1. The highest BCUT2D eigenvalue weighted by atomic mass is 19.1. The molecule has 1 unspecified atom stereocenters. The maximum Gasteiger partial charge on any atom is 0.123 e. The SMILES string of the molecule is CCCCN(c1ccccc1)C(CN)c1cccc(F)c1. The van der Waals surface area contributed by atoms with Crippen LogP contribution in [0.4, 0.5) is 10.1 Å². The molecule has 0 saturated carbocycles.